The number of hydrogen-bond donors (Lipinski definition) is 1. The van der Waals surface area contributed by atoms with Crippen LogP contribution in [-0.4, -0.2) is 36.5 Å². The maximum Gasteiger partial charge on any atom is 0.260 e. The van der Waals surface area contributed by atoms with Gasteiger partial charge in [0.2, 0.25) is 0 Å². The van der Waals surface area contributed by atoms with Crippen LogP contribution in [0.25, 0.3) is 0 Å². The summed E-state index contributed by atoms with van der Waals surface area (Å²) in [7, 11) is 0. The van der Waals surface area contributed by atoms with E-state index in [0.29, 0.717) is 12.5 Å². The minimum atomic E-state index is 0.0147. The highest BCUT2D eigenvalue weighted by Crippen LogP contribution is 2.15. The molecular formula is C14H20N2O2. The fraction of sp³-hybridized carbons (Fsp3) is 0.500. The highest BCUT2D eigenvalue weighted by Gasteiger charge is 2.25. The van der Waals surface area contributed by atoms with Gasteiger partial charge in [0.15, 0.2) is 6.61 Å². The number of benzene rings is 1. The molecule has 4 heteroatoms. The van der Waals surface area contributed by atoms with E-state index in [1.54, 1.807) is 0 Å². The van der Waals surface area contributed by atoms with Gasteiger partial charge in [-0.25, -0.2) is 0 Å². The molecule has 1 aromatic carbocycles. The predicted molar refractivity (Wildman–Crippen MR) is 70.3 cm³/mol. The number of likely N-dealkylation sites (tertiary alicyclic amines) is 1. The lowest BCUT2D eigenvalue weighted by atomic mass is 9.97. The van der Waals surface area contributed by atoms with E-state index in [0.717, 1.165) is 18.7 Å². The number of nitrogens with two attached hydrogens (primary N) is 1. The van der Waals surface area contributed by atoms with Crippen LogP contribution in [0.4, 0.5) is 0 Å². The molecule has 1 aliphatic heterocycles. The second-order valence-corrected chi connectivity index (χ2v) is 5.00. The number of nitrogens with zero attached hydrogens (tertiary/aromatic N) is 1. The number of carbonyl (C=O) groups excluding carboxylic acids is 1. The van der Waals surface area contributed by atoms with Crippen LogP contribution >= 0.6 is 0 Å². The Morgan fingerprint density at radius 2 is 2.11 bits per heavy atom. The zero-order valence-electron chi connectivity index (χ0n) is 10.7. The van der Waals surface area contributed by atoms with E-state index >= 15 is 0 Å². The molecule has 0 saturated carbocycles. The van der Waals surface area contributed by atoms with Crippen LogP contribution in [0.2, 0.25) is 0 Å². The minimum Gasteiger partial charge on any atom is -0.484 e. The van der Waals surface area contributed by atoms with E-state index in [-0.39, 0.29) is 18.6 Å². The highest BCUT2D eigenvalue weighted by atomic mass is 16.5. The number of rotatable bonds is 3. The third kappa shape index (κ3) is 3.47. The zero-order chi connectivity index (χ0) is 13.0. The van der Waals surface area contributed by atoms with Crippen molar-refractivity contribution in [3.8, 4) is 5.75 Å². The number of carbonyl (C=O) groups is 1. The number of piperidine rings is 1. The monoisotopic (exact) mass is 248 g/mol. The Balaban J connectivity index is 1.84. The summed E-state index contributed by atoms with van der Waals surface area (Å²) in [5, 5.41) is 0. The van der Waals surface area contributed by atoms with Crippen molar-refractivity contribution in [2.24, 2.45) is 11.7 Å². The van der Waals surface area contributed by atoms with E-state index in [4.69, 9.17) is 10.5 Å². The summed E-state index contributed by atoms with van der Waals surface area (Å²) in [6.07, 6.45) is 0.989. The number of ether oxygens (including phenoxy) is 1. The summed E-state index contributed by atoms with van der Waals surface area (Å²) in [6.45, 7) is 3.63. The van der Waals surface area contributed by atoms with Gasteiger partial charge in [-0.2, -0.15) is 0 Å². The summed E-state index contributed by atoms with van der Waals surface area (Å²) < 4.78 is 5.46. The average Bonchev–Trinajstić information content (AvgIpc) is 2.36. The molecule has 0 aliphatic carbocycles. The summed E-state index contributed by atoms with van der Waals surface area (Å²) in [5.74, 6) is 1.20. The molecule has 0 spiro atoms. The van der Waals surface area contributed by atoms with Gasteiger partial charge < -0.3 is 15.4 Å². The number of hydrogen-bond acceptors (Lipinski definition) is 3. The number of para-hydroxylation sites is 1. The minimum absolute atomic E-state index is 0.0147. The topological polar surface area (TPSA) is 55.6 Å². The first-order chi connectivity index (χ1) is 8.65. The van der Waals surface area contributed by atoms with Gasteiger partial charge in [0.25, 0.3) is 5.91 Å². The molecule has 0 aromatic heterocycles. The standard InChI is InChI=1S/C14H20N2O2/c1-11-7-12(15)9-16(8-11)14(17)10-18-13-5-3-2-4-6-13/h2-6,11-12H,7-10,15H2,1H3. The van der Waals surface area contributed by atoms with E-state index in [1.165, 1.54) is 0 Å². The second kappa shape index (κ2) is 5.87. The first kappa shape index (κ1) is 12.9. The molecule has 4 nitrogen and oxygen atoms in total. The molecule has 2 N–H and O–H groups in total. The van der Waals surface area contributed by atoms with E-state index in [1.807, 2.05) is 35.2 Å². The molecule has 1 aromatic rings. The van der Waals surface area contributed by atoms with Crippen molar-refractivity contribution in [1.82, 2.24) is 4.90 Å². The molecule has 1 heterocycles. The lowest BCUT2D eigenvalue weighted by molar-refractivity contribution is -0.135. The lowest BCUT2D eigenvalue weighted by Crippen LogP contribution is -2.50. The van der Waals surface area contributed by atoms with Gasteiger partial charge in [0.05, 0.1) is 0 Å². The molecular weight excluding hydrogens is 228 g/mol. The number of amides is 1. The molecule has 0 bridgehead atoms. The van der Waals surface area contributed by atoms with Crippen LogP contribution in [0.3, 0.4) is 0 Å². The fourth-order valence-electron chi connectivity index (χ4n) is 2.36. The van der Waals surface area contributed by atoms with Gasteiger partial charge in [0.1, 0.15) is 5.75 Å². The Kier molecular flexibility index (Phi) is 4.20. The van der Waals surface area contributed by atoms with Crippen LogP contribution < -0.4 is 10.5 Å². The van der Waals surface area contributed by atoms with Crippen LogP contribution in [0.5, 0.6) is 5.75 Å². The van der Waals surface area contributed by atoms with Crippen LogP contribution in [-0.2, 0) is 4.79 Å². The third-order valence-electron chi connectivity index (χ3n) is 3.15. The van der Waals surface area contributed by atoms with Crippen molar-refractivity contribution in [2.45, 2.75) is 19.4 Å². The molecule has 2 atom stereocenters. The van der Waals surface area contributed by atoms with Crippen molar-refractivity contribution in [1.29, 1.82) is 0 Å². The second-order valence-electron chi connectivity index (χ2n) is 5.00. The Hall–Kier alpha value is -1.55. The summed E-state index contributed by atoms with van der Waals surface area (Å²) in [5.41, 5.74) is 5.93. The van der Waals surface area contributed by atoms with Crippen molar-refractivity contribution in [3.05, 3.63) is 30.3 Å². The SMILES string of the molecule is CC1CC(N)CN(C(=O)COc2ccccc2)C1. The van der Waals surface area contributed by atoms with Gasteiger partial charge in [-0.3, -0.25) is 4.79 Å². The van der Waals surface area contributed by atoms with Crippen LogP contribution in [0.1, 0.15) is 13.3 Å². The van der Waals surface area contributed by atoms with E-state index in [9.17, 15) is 4.79 Å². The third-order valence-corrected chi connectivity index (χ3v) is 3.15. The first-order valence-corrected chi connectivity index (χ1v) is 6.36. The quantitative estimate of drug-likeness (QED) is 0.876. The molecule has 2 rings (SSSR count). The average molecular weight is 248 g/mol. The van der Waals surface area contributed by atoms with Crippen molar-refractivity contribution in [3.63, 3.8) is 0 Å². The normalized spacial score (nSPS) is 23.8. The molecule has 1 saturated heterocycles. The Bertz CT molecular complexity index is 384. The summed E-state index contributed by atoms with van der Waals surface area (Å²) >= 11 is 0. The maximum absolute atomic E-state index is 12.0. The molecule has 1 fully saturated rings. The largest absolute Gasteiger partial charge is 0.484 e. The molecule has 98 valence electrons. The van der Waals surface area contributed by atoms with Gasteiger partial charge in [-0.15, -0.1) is 0 Å². The Labute approximate surface area is 108 Å². The summed E-state index contributed by atoms with van der Waals surface area (Å²) in [6, 6.07) is 9.47. The van der Waals surface area contributed by atoms with Gasteiger partial charge in [0, 0.05) is 19.1 Å². The van der Waals surface area contributed by atoms with Crippen molar-refractivity contribution in [2.75, 3.05) is 19.7 Å². The lowest BCUT2D eigenvalue weighted by Gasteiger charge is -2.34. The van der Waals surface area contributed by atoms with Gasteiger partial charge in [-0.1, -0.05) is 25.1 Å². The van der Waals surface area contributed by atoms with Gasteiger partial charge in [-0.05, 0) is 24.5 Å². The van der Waals surface area contributed by atoms with Crippen LogP contribution in [0, 0.1) is 5.92 Å². The first-order valence-electron chi connectivity index (χ1n) is 6.36. The molecule has 18 heavy (non-hydrogen) atoms. The molecule has 0 radical (unpaired) electrons. The van der Waals surface area contributed by atoms with E-state index < -0.39 is 0 Å². The van der Waals surface area contributed by atoms with E-state index in [2.05, 4.69) is 6.92 Å². The molecule has 1 aliphatic rings. The summed E-state index contributed by atoms with van der Waals surface area (Å²) in [4.78, 5) is 13.8. The molecule has 2 unspecified atom stereocenters. The Morgan fingerprint density at radius 3 is 2.78 bits per heavy atom. The smallest absolute Gasteiger partial charge is 0.260 e. The predicted octanol–water partition coefficient (Wildman–Crippen LogP) is 1.26. The van der Waals surface area contributed by atoms with Crippen molar-refractivity contribution >= 4 is 5.91 Å². The molecule has 1 amide bonds. The Morgan fingerprint density at radius 1 is 1.39 bits per heavy atom. The van der Waals surface area contributed by atoms with Crippen LogP contribution in [0.15, 0.2) is 30.3 Å². The zero-order valence-corrected chi connectivity index (χ0v) is 10.7. The fourth-order valence-corrected chi connectivity index (χ4v) is 2.36. The highest BCUT2D eigenvalue weighted by molar-refractivity contribution is 5.78. The maximum atomic E-state index is 12.0. The van der Waals surface area contributed by atoms with Crippen molar-refractivity contribution < 1.29 is 9.53 Å². The van der Waals surface area contributed by atoms with Gasteiger partial charge >= 0.3 is 0 Å².